The number of aromatic nitrogens is 2. The predicted molar refractivity (Wildman–Crippen MR) is 113 cm³/mol. The van der Waals surface area contributed by atoms with E-state index in [9.17, 15) is 4.79 Å². The molecule has 148 valence electrons. The third kappa shape index (κ3) is 5.33. The number of ether oxygens (including phenoxy) is 1. The predicted octanol–water partition coefficient (Wildman–Crippen LogP) is 3.95. The molecule has 0 aromatic carbocycles. The molecule has 1 saturated heterocycles. The van der Waals surface area contributed by atoms with Crippen molar-refractivity contribution in [3.63, 3.8) is 0 Å². The van der Waals surface area contributed by atoms with Gasteiger partial charge in [-0.1, -0.05) is 11.8 Å². The van der Waals surface area contributed by atoms with Gasteiger partial charge in [0.1, 0.15) is 10.6 Å². The summed E-state index contributed by atoms with van der Waals surface area (Å²) >= 11 is 2.99. The summed E-state index contributed by atoms with van der Waals surface area (Å²) in [7, 11) is 0. The molecule has 0 spiro atoms. The Bertz CT molecular complexity index is 772. The smallest absolute Gasteiger partial charge is 0.261 e. The number of carbonyl (C=O) groups is 1. The molecule has 2 aromatic rings. The first-order chi connectivity index (χ1) is 13.1. The van der Waals surface area contributed by atoms with Crippen molar-refractivity contribution in [1.82, 2.24) is 15.3 Å². The van der Waals surface area contributed by atoms with Gasteiger partial charge in [-0.25, -0.2) is 9.97 Å². The van der Waals surface area contributed by atoms with E-state index < -0.39 is 0 Å². The monoisotopic (exact) mass is 408 g/mol. The lowest BCUT2D eigenvalue weighted by Crippen LogP contribution is -2.30. The highest BCUT2D eigenvalue weighted by Gasteiger charge is 2.20. The van der Waals surface area contributed by atoms with Crippen LogP contribution in [0.15, 0.2) is 11.2 Å². The van der Waals surface area contributed by atoms with Crippen LogP contribution in [0.1, 0.15) is 49.2 Å². The average Bonchev–Trinajstić information content (AvgIpc) is 3.11. The fourth-order valence-electron chi connectivity index (χ4n) is 3.12. The van der Waals surface area contributed by atoms with E-state index in [4.69, 9.17) is 9.72 Å². The number of piperidine rings is 1. The zero-order valence-corrected chi connectivity index (χ0v) is 17.9. The molecular formula is C19H28N4O2S2. The maximum atomic E-state index is 12.5. The van der Waals surface area contributed by atoms with E-state index in [-0.39, 0.29) is 12.0 Å². The van der Waals surface area contributed by atoms with Crippen LogP contribution in [0.2, 0.25) is 0 Å². The molecule has 1 aliphatic rings. The molecule has 0 aliphatic carbocycles. The number of carbonyl (C=O) groups excluding carboxylic acids is 1. The first-order valence-electron chi connectivity index (χ1n) is 9.59. The van der Waals surface area contributed by atoms with Crippen molar-refractivity contribution in [3.05, 3.63) is 10.9 Å². The van der Waals surface area contributed by atoms with Crippen molar-refractivity contribution in [2.45, 2.75) is 50.8 Å². The van der Waals surface area contributed by atoms with Crippen LogP contribution in [-0.2, 0) is 4.74 Å². The molecule has 1 N–H and O–H groups in total. The van der Waals surface area contributed by atoms with E-state index in [1.165, 1.54) is 30.6 Å². The van der Waals surface area contributed by atoms with Crippen LogP contribution < -0.4 is 10.2 Å². The second-order valence-electron chi connectivity index (χ2n) is 6.94. The molecular weight excluding hydrogens is 380 g/mol. The molecule has 1 aliphatic heterocycles. The Labute approximate surface area is 169 Å². The molecule has 3 heterocycles. The van der Waals surface area contributed by atoms with Gasteiger partial charge >= 0.3 is 0 Å². The van der Waals surface area contributed by atoms with Crippen molar-refractivity contribution in [3.8, 4) is 0 Å². The minimum Gasteiger partial charge on any atom is -0.379 e. The van der Waals surface area contributed by atoms with E-state index in [1.54, 1.807) is 11.8 Å². The van der Waals surface area contributed by atoms with Crippen LogP contribution in [0.5, 0.6) is 0 Å². The van der Waals surface area contributed by atoms with Gasteiger partial charge in [-0.15, -0.1) is 11.3 Å². The van der Waals surface area contributed by atoms with E-state index >= 15 is 0 Å². The maximum absolute atomic E-state index is 12.5. The van der Waals surface area contributed by atoms with Crippen LogP contribution in [0.4, 0.5) is 5.82 Å². The first kappa shape index (κ1) is 20.4. The highest BCUT2D eigenvalue weighted by molar-refractivity contribution is 7.98. The van der Waals surface area contributed by atoms with E-state index in [2.05, 4.69) is 15.2 Å². The van der Waals surface area contributed by atoms with Gasteiger partial charge in [-0.3, -0.25) is 4.79 Å². The normalized spacial score (nSPS) is 14.9. The van der Waals surface area contributed by atoms with Gasteiger partial charge in [-0.05, 0) is 51.9 Å². The maximum Gasteiger partial charge on any atom is 0.261 e. The van der Waals surface area contributed by atoms with Gasteiger partial charge in [0.25, 0.3) is 5.91 Å². The van der Waals surface area contributed by atoms with Gasteiger partial charge < -0.3 is 15.0 Å². The van der Waals surface area contributed by atoms with E-state index in [0.717, 1.165) is 40.7 Å². The van der Waals surface area contributed by atoms with Crippen molar-refractivity contribution >= 4 is 45.0 Å². The SMILES string of the molecule is CSc1nc(N2CCCCC2)c2cc(C(=O)NCCCOC(C)C)sc2n1. The zero-order valence-electron chi connectivity index (χ0n) is 16.3. The Balaban J connectivity index is 1.74. The number of fused-ring (bicyclic) bond motifs is 1. The molecule has 1 fully saturated rings. The van der Waals surface area contributed by atoms with Gasteiger partial charge in [0.2, 0.25) is 0 Å². The fraction of sp³-hybridized carbons (Fsp3) is 0.632. The molecule has 2 aromatic heterocycles. The second-order valence-corrected chi connectivity index (χ2v) is 8.74. The zero-order chi connectivity index (χ0) is 19.2. The number of thiophene rings is 1. The average molecular weight is 409 g/mol. The standard InChI is InChI=1S/C19H28N4O2S2/c1-13(2)25-11-7-8-20-17(24)15-12-14-16(23-9-5-4-6-10-23)21-19(26-3)22-18(14)27-15/h12-13H,4-11H2,1-3H3,(H,20,24). The molecule has 1 amide bonds. The van der Waals surface area contributed by atoms with Gasteiger partial charge in [0, 0.05) is 26.2 Å². The molecule has 0 atom stereocenters. The number of nitrogens with zero attached hydrogens (tertiary/aromatic N) is 3. The largest absolute Gasteiger partial charge is 0.379 e. The summed E-state index contributed by atoms with van der Waals surface area (Å²) in [4.78, 5) is 25.8. The van der Waals surface area contributed by atoms with E-state index in [1.807, 2.05) is 26.2 Å². The van der Waals surface area contributed by atoms with Crippen LogP contribution in [-0.4, -0.2) is 54.5 Å². The summed E-state index contributed by atoms with van der Waals surface area (Å²) in [6.45, 7) is 7.34. The van der Waals surface area contributed by atoms with Gasteiger partial charge in [0.05, 0.1) is 16.4 Å². The fourth-order valence-corrected chi connectivity index (χ4v) is 4.48. The highest BCUT2D eigenvalue weighted by atomic mass is 32.2. The topological polar surface area (TPSA) is 67.4 Å². The summed E-state index contributed by atoms with van der Waals surface area (Å²) in [6, 6.07) is 1.95. The van der Waals surface area contributed by atoms with E-state index in [0.29, 0.717) is 18.0 Å². The Morgan fingerprint density at radius 1 is 1.33 bits per heavy atom. The Hall–Kier alpha value is -1.38. The molecule has 0 bridgehead atoms. The van der Waals surface area contributed by atoms with Crippen molar-refractivity contribution in [2.24, 2.45) is 0 Å². The molecule has 6 nitrogen and oxygen atoms in total. The first-order valence-corrected chi connectivity index (χ1v) is 11.6. The highest BCUT2D eigenvalue weighted by Crippen LogP contribution is 2.33. The van der Waals surface area contributed by atoms with Crippen molar-refractivity contribution < 1.29 is 9.53 Å². The number of thioether (sulfide) groups is 1. The summed E-state index contributed by atoms with van der Waals surface area (Å²) in [5.41, 5.74) is 0. The Kier molecular flexibility index (Phi) is 7.32. The summed E-state index contributed by atoms with van der Waals surface area (Å²) < 4.78 is 5.51. The second kappa shape index (κ2) is 9.71. The van der Waals surface area contributed by atoms with Crippen LogP contribution in [0.25, 0.3) is 10.2 Å². The molecule has 8 heteroatoms. The lowest BCUT2D eigenvalue weighted by atomic mass is 10.1. The summed E-state index contributed by atoms with van der Waals surface area (Å²) in [5.74, 6) is 0.933. The number of nitrogens with one attached hydrogen (secondary N) is 1. The Morgan fingerprint density at radius 2 is 2.11 bits per heavy atom. The molecule has 0 radical (unpaired) electrons. The number of hydrogen-bond donors (Lipinski definition) is 1. The number of rotatable bonds is 8. The Morgan fingerprint density at radius 3 is 2.81 bits per heavy atom. The third-order valence-electron chi connectivity index (χ3n) is 4.47. The number of amides is 1. The molecule has 0 unspecified atom stereocenters. The molecule has 27 heavy (non-hydrogen) atoms. The lowest BCUT2D eigenvalue weighted by molar-refractivity contribution is 0.0757. The number of anilines is 1. The van der Waals surface area contributed by atoms with Crippen LogP contribution >= 0.6 is 23.1 Å². The quantitative estimate of drug-likeness (QED) is 0.405. The molecule has 3 rings (SSSR count). The lowest BCUT2D eigenvalue weighted by Gasteiger charge is -2.28. The minimum atomic E-state index is -0.0437. The van der Waals surface area contributed by atoms with Crippen molar-refractivity contribution in [1.29, 1.82) is 0 Å². The third-order valence-corrected chi connectivity index (χ3v) is 6.05. The number of hydrogen-bond acceptors (Lipinski definition) is 7. The minimum absolute atomic E-state index is 0.0437. The summed E-state index contributed by atoms with van der Waals surface area (Å²) in [6.07, 6.45) is 6.68. The van der Waals surface area contributed by atoms with Crippen molar-refractivity contribution in [2.75, 3.05) is 37.4 Å². The molecule has 0 saturated carbocycles. The van der Waals surface area contributed by atoms with Crippen LogP contribution in [0.3, 0.4) is 0 Å². The summed E-state index contributed by atoms with van der Waals surface area (Å²) in [5, 5.41) is 4.75. The van der Waals surface area contributed by atoms with Crippen LogP contribution in [0, 0.1) is 0 Å². The van der Waals surface area contributed by atoms with Gasteiger partial charge in [0.15, 0.2) is 5.16 Å². The van der Waals surface area contributed by atoms with Gasteiger partial charge in [-0.2, -0.15) is 0 Å².